The van der Waals surface area contributed by atoms with Gasteiger partial charge in [0.15, 0.2) is 7.29 Å². The van der Waals surface area contributed by atoms with Crippen molar-refractivity contribution in [3.63, 3.8) is 0 Å². The monoisotopic (exact) mass is 339 g/mol. The number of halogens is 4. The van der Waals surface area contributed by atoms with Crippen molar-refractivity contribution in [2.24, 2.45) is 0 Å². The summed E-state index contributed by atoms with van der Waals surface area (Å²) in [7, 11) is -1.58. The van der Waals surface area contributed by atoms with E-state index < -0.39 is 24.4 Å². The third kappa shape index (κ3) is 3.28. The Morgan fingerprint density at radius 2 is 2.10 bits per heavy atom. The fourth-order valence-corrected chi connectivity index (χ4v) is 2.72. The van der Waals surface area contributed by atoms with Crippen LogP contribution in [0.5, 0.6) is 0 Å². The molecule has 10 heteroatoms. The molecule has 0 amide bonds. The first kappa shape index (κ1) is 16.0. The molecule has 1 aromatic carbocycles. The Hall–Kier alpha value is -1.37. The fourth-order valence-electron chi connectivity index (χ4n) is 1.57. The van der Waals surface area contributed by atoms with Crippen LogP contribution in [0.15, 0.2) is 22.7 Å². The highest BCUT2D eigenvalue weighted by Crippen LogP contribution is 2.36. The van der Waals surface area contributed by atoms with E-state index in [1.165, 1.54) is 25.8 Å². The second kappa shape index (κ2) is 5.44. The Labute approximate surface area is 122 Å². The molecular weight excluding hydrogens is 330 g/mol. The van der Waals surface area contributed by atoms with E-state index in [1.807, 2.05) is 0 Å². The highest BCUT2D eigenvalue weighted by molar-refractivity contribution is 7.68. The van der Waals surface area contributed by atoms with Gasteiger partial charge in [-0.3, -0.25) is 5.09 Å². The topological polar surface area (TPSA) is 68.0 Å². The molecule has 0 aliphatic heterocycles. The van der Waals surface area contributed by atoms with Crippen molar-refractivity contribution in [3.05, 3.63) is 29.9 Å². The molecule has 0 spiro atoms. The van der Waals surface area contributed by atoms with Crippen molar-refractivity contribution in [2.75, 3.05) is 13.7 Å². The number of aromatic nitrogens is 2. The summed E-state index contributed by atoms with van der Waals surface area (Å²) in [6.07, 6.45) is 0. The molecule has 0 saturated carbocycles. The first-order valence-corrected chi connectivity index (χ1v) is 8.16. The molecule has 2 aromatic rings. The van der Waals surface area contributed by atoms with Crippen LogP contribution in [0.3, 0.4) is 0 Å². The van der Waals surface area contributed by atoms with Gasteiger partial charge in [-0.15, -0.1) is 0 Å². The van der Waals surface area contributed by atoms with Gasteiger partial charge in [0.1, 0.15) is 5.82 Å². The first-order chi connectivity index (χ1) is 9.65. The maximum absolute atomic E-state index is 14.0. The minimum Gasteiger partial charge on any atom is -0.331 e. The SMILES string of the molecule is CNP(C)(=O)c1ccc(-c2noc(C(F)(F)Cl)n2)cc1F. The van der Waals surface area contributed by atoms with Gasteiger partial charge in [-0.05, 0) is 30.8 Å². The molecule has 0 aliphatic rings. The normalized spacial score (nSPS) is 15.0. The molecule has 5 nitrogen and oxygen atoms in total. The van der Waals surface area contributed by atoms with Gasteiger partial charge in [0.05, 0.1) is 5.30 Å². The largest absolute Gasteiger partial charge is 0.400 e. The van der Waals surface area contributed by atoms with Crippen LogP contribution in [0.1, 0.15) is 5.89 Å². The summed E-state index contributed by atoms with van der Waals surface area (Å²) in [5, 5.41) is 2.02. The van der Waals surface area contributed by atoms with E-state index in [-0.39, 0.29) is 16.7 Å². The second-order valence-electron chi connectivity index (χ2n) is 4.23. The molecule has 1 N–H and O–H groups in total. The molecule has 1 atom stereocenters. The maximum atomic E-state index is 14.0. The van der Waals surface area contributed by atoms with Crippen molar-refractivity contribution >= 4 is 24.2 Å². The lowest BCUT2D eigenvalue weighted by Crippen LogP contribution is -2.18. The zero-order valence-electron chi connectivity index (χ0n) is 10.9. The summed E-state index contributed by atoms with van der Waals surface area (Å²) < 4.78 is 55.9. The standard InChI is InChI=1S/C11H10ClF3N3O2P/c1-16-21(2,19)8-4-3-6(5-7(8)13)9-17-10(20-18-9)11(12,14)15/h3-5H,1-2H3,(H,16,19). The Kier molecular flexibility index (Phi) is 4.15. The Morgan fingerprint density at radius 3 is 2.57 bits per heavy atom. The predicted octanol–water partition coefficient (Wildman–Crippen LogP) is 2.92. The molecule has 0 bridgehead atoms. The van der Waals surface area contributed by atoms with Gasteiger partial charge >= 0.3 is 11.3 Å². The molecule has 0 fully saturated rings. The van der Waals surface area contributed by atoms with Gasteiger partial charge in [0, 0.05) is 12.2 Å². The van der Waals surface area contributed by atoms with Crippen LogP contribution in [0.2, 0.25) is 0 Å². The molecule has 0 radical (unpaired) electrons. The molecule has 0 saturated heterocycles. The smallest absolute Gasteiger partial charge is 0.331 e. The van der Waals surface area contributed by atoms with Gasteiger partial charge in [-0.25, -0.2) is 4.39 Å². The van der Waals surface area contributed by atoms with Crippen molar-refractivity contribution in [1.29, 1.82) is 0 Å². The van der Waals surface area contributed by atoms with Crippen LogP contribution in [-0.4, -0.2) is 23.9 Å². The van der Waals surface area contributed by atoms with Crippen molar-refractivity contribution in [1.82, 2.24) is 15.2 Å². The summed E-state index contributed by atoms with van der Waals surface area (Å²) in [6.45, 7) is 1.37. The van der Waals surface area contributed by atoms with Gasteiger partial charge in [-0.1, -0.05) is 11.2 Å². The summed E-state index contributed by atoms with van der Waals surface area (Å²) >= 11 is 4.75. The van der Waals surface area contributed by atoms with Crippen LogP contribution in [-0.2, 0) is 9.95 Å². The summed E-state index contributed by atoms with van der Waals surface area (Å²) in [4.78, 5) is 3.39. The number of nitrogens with zero attached hydrogens (tertiary/aromatic N) is 2. The van der Waals surface area contributed by atoms with Crippen molar-refractivity contribution in [3.8, 4) is 11.4 Å². The third-order valence-electron chi connectivity index (χ3n) is 2.76. The number of hydrogen-bond donors (Lipinski definition) is 1. The summed E-state index contributed by atoms with van der Waals surface area (Å²) in [5.74, 6) is -2.09. The van der Waals surface area contributed by atoms with Gasteiger partial charge in [0.25, 0.3) is 0 Å². The van der Waals surface area contributed by atoms with E-state index in [4.69, 9.17) is 11.6 Å². The Morgan fingerprint density at radius 1 is 1.43 bits per heavy atom. The lowest BCUT2D eigenvalue weighted by molar-refractivity contribution is 0.0551. The van der Waals surface area contributed by atoms with Gasteiger partial charge in [0.2, 0.25) is 5.82 Å². The van der Waals surface area contributed by atoms with E-state index in [0.29, 0.717) is 0 Å². The highest BCUT2D eigenvalue weighted by atomic mass is 35.5. The molecule has 0 aliphatic carbocycles. The first-order valence-electron chi connectivity index (χ1n) is 5.63. The summed E-state index contributed by atoms with van der Waals surface area (Å²) in [6, 6.07) is 3.62. The average molecular weight is 340 g/mol. The van der Waals surface area contributed by atoms with Gasteiger partial charge in [-0.2, -0.15) is 13.8 Å². The maximum Gasteiger partial charge on any atom is 0.400 e. The Balaban J connectivity index is 2.41. The van der Waals surface area contributed by atoms with Crippen LogP contribution in [0.4, 0.5) is 13.2 Å². The van der Waals surface area contributed by atoms with Gasteiger partial charge < -0.3 is 9.09 Å². The molecule has 21 heavy (non-hydrogen) atoms. The van der Waals surface area contributed by atoms with Crippen molar-refractivity contribution < 1.29 is 22.3 Å². The lowest BCUT2D eigenvalue weighted by Gasteiger charge is -2.12. The minimum atomic E-state index is -3.80. The van der Waals surface area contributed by atoms with Crippen LogP contribution in [0.25, 0.3) is 11.4 Å². The fraction of sp³-hybridized carbons (Fsp3) is 0.273. The quantitative estimate of drug-likeness (QED) is 0.685. The van der Waals surface area contributed by atoms with E-state index in [2.05, 4.69) is 19.8 Å². The second-order valence-corrected chi connectivity index (χ2v) is 7.49. The number of benzene rings is 1. The number of hydrogen-bond acceptors (Lipinski definition) is 4. The molecule has 1 unspecified atom stereocenters. The van der Waals surface area contributed by atoms with E-state index in [0.717, 1.165) is 6.07 Å². The lowest BCUT2D eigenvalue weighted by atomic mass is 10.2. The molecule has 2 rings (SSSR count). The molecule has 1 heterocycles. The summed E-state index contributed by atoms with van der Waals surface area (Å²) in [5.41, 5.74) is 0.100. The number of rotatable bonds is 4. The predicted molar refractivity (Wildman–Crippen MR) is 71.7 cm³/mol. The minimum absolute atomic E-state index is 0.0138. The zero-order valence-corrected chi connectivity index (χ0v) is 12.6. The van der Waals surface area contributed by atoms with E-state index >= 15 is 0 Å². The highest BCUT2D eigenvalue weighted by Gasteiger charge is 2.35. The van der Waals surface area contributed by atoms with Crippen LogP contribution >= 0.6 is 18.9 Å². The van der Waals surface area contributed by atoms with Crippen LogP contribution in [0, 0.1) is 5.82 Å². The molecule has 114 valence electrons. The van der Waals surface area contributed by atoms with E-state index in [9.17, 15) is 17.7 Å². The zero-order chi connectivity index (χ0) is 15.8. The number of alkyl halides is 3. The third-order valence-corrected chi connectivity index (χ3v) is 5.06. The molecular formula is C11H10ClF3N3O2P. The molecule has 1 aromatic heterocycles. The van der Waals surface area contributed by atoms with Crippen LogP contribution < -0.4 is 10.4 Å². The van der Waals surface area contributed by atoms with E-state index in [1.54, 1.807) is 0 Å². The Bertz CT molecular complexity index is 717. The number of nitrogens with one attached hydrogen (secondary N) is 1. The van der Waals surface area contributed by atoms with Crippen molar-refractivity contribution in [2.45, 2.75) is 5.38 Å². The average Bonchev–Trinajstić information content (AvgIpc) is 2.87.